The third-order valence-electron chi connectivity index (χ3n) is 6.27. The molecule has 0 radical (unpaired) electrons. The predicted octanol–water partition coefficient (Wildman–Crippen LogP) is 6.99. The van der Waals surface area contributed by atoms with Crippen LogP contribution in [0.25, 0.3) is 0 Å². The van der Waals surface area contributed by atoms with Gasteiger partial charge in [0.15, 0.2) is 0 Å². The van der Waals surface area contributed by atoms with E-state index in [2.05, 4.69) is 5.32 Å². The molecule has 0 spiro atoms. The van der Waals surface area contributed by atoms with Crippen LogP contribution in [0.1, 0.15) is 31.9 Å². The number of rotatable bonds is 11. The Balaban J connectivity index is 2.08. The predicted molar refractivity (Wildman–Crippen MR) is 166 cm³/mol. The van der Waals surface area contributed by atoms with Gasteiger partial charge in [-0.1, -0.05) is 84.0 Å². The van der Waals surface area contributed by atoms with Gasteiger partial charge < -0.3 is 10.2 Å². The number of sulfonamides is 1. The van der Waals surface area contributed by atoms with Crippen LogP contribution >= 0.6 is 46.4 Å². The number of nitrogens with one attached hydrogen (secondary N) is 1. The van der Waals surface area contributed by atoms with E-state index in [0.29, 0.717) is 22.2 Å². The fraction of sp³-hybridized carbons (Fsp3) is 0.310. The minimum atomic E-state index is -4.29. The van der Waals surface area contributed by atoms with Crippen molar-refractivity contribution in [2.75, 3.05) is 17.4 Å². The van der Waals surface area contributed by atoms with Gasteiger partial charge in [-0.15, -0.1) is 0 Å². The molecule has 0 saturated carbocycles. The number of carbonyl (C=O) groups excluding carboxylic acids is 2. The van der Waals surface area contributed by atoms with Crippen molar-refractivity contribution in [2.45, 2.75) is 45.2 Å². The van der Waals surface area contributed by atoms with E-state index in [1.54, 1.807) is 31.2 Å². The Kier molecular flexibility index (Phi) is 11.4. The lowest BCUT2D eigenvalue weighted by Gasteiger charge is -2.32. The summed E-state index contributed by atoms with van der Waals surface area (Å²) in [6.45, 7) is 6.96. The maximum atomic E-state index is 14.0. The van der Waals surface area contributed by atoms with E-state index < -0.39 is 34.4 Å². The van der Waals surface area contributed by atoms with Gasteiger partial charge in [-0.25, -0.2) is 8.42 Å². The number of hydrogen-bond acceptors (Lipinski definition) is 4. The summed E-state index contributed by atoms with van der Waals surface area (Å²) in [7, 11) is -4.29. The van der Waals surface area contributed by atoms with Crippen molar-refractivity contribution in [3.05, 3.63) is 91.9 Å². The quantitative estimate of drug-likeness (QED) is 0.241. The number of nitrogens with zero attached hydrogens (tertiary/aromatic N) is 2. The zero-order valence-electron chi connectivity index (χ0n) is 23.0. The fourth-order valence-corrected chi connectivity index (χ4v) is 6.23. The molecule has 0 aliphatic carbocycles. The van der Waals surface area contributed by atoms with Crippen LogP contribution in [0.3, 0.4) is 0 Å². The van der Waals surface area contributed by atoms with E-state index in [9.17, 15) is 18.0 Å². The number of anilines is 1. The lowest BCUT2D eigenvalue weighted by Crippen LogP contribution is -2.51. The van der Waals surface area contributed by atoms with Crippen LogP contribution in [0.5, 0.6) is 0 Å². The topological polar surface area (TPSA) is 86.8 Å². The lowest BCUT2D eigenvalue weighted by atomic mass is 10.1. The first-order valence-corrected chi connectivity index (χ1v) is 15.7. The second-order valence-corrected chi connectivity index (χ2v) is 13.5. The van der Waals surface area contributed by atoms with Gasteiger partial charge in [-0.2, -0.15) is 0 Å². The fourth-order valence-electron chi connectivity index (χ4n) is 3.90. The summed E-state index contributed by atoms with van der Waals surface area (Å²) in [5, 5.41) is 3.84. The molecule has 0 aromatic heterocycles. The van der Waals surface area contributed by atoms with Gasteiger partial charge in [-0.3, -0.25) is 13.9 Å². The summed E-state index contributed by atoms with van der Waals surface area (Å²) in [6.07, 6.45) is 0. The zero-order chi connectivity index (χ0) is 30.5. The van der Waals surface area contributed by atoms with Crippen LogP contribution in [-0.2, 0) is 26.2 Å². The highest BCUT2D eigenvalue weighted by Gasteiger charge is 2.33. The monoisotopic (exact) mass is 657 g/mol. The van der Waals surface area contributed by atoms with Crippen molar-refractivity contribution in [2.24, 2.45) is 5.92 Å². The molecule has 3 rings (SSSR count). The molecule has 0 fully saturated rings. The molecule has 0 heterocycles. The molecule has 7 nitrogen and oxygen atoms in total. The van der Waals surface area contributed by atoms with E-state index in [4.69, 9.17) is 46.4 Å². The molecule has 0 saturated heterocycles. The number of benzene rings is 3. The molecular formula is C29H31Cl4N3O4S. The molecule has 1 atom stereocenters. The summed E-state index contributed by atoms with van der Waals surface area (Å²) >= 11 is 25.1. The Morgan fingerprint density at radius 1 is 0.854 bits per heavy atom. The van der Waals surface area contributed by atoms with Crippen LogP contribution in [0.4, 0.5) is 5.69 Å². The Labute approximate surface area is 261 Å². The molecule has 12 heteroatoms. The smallest absolute Gasteiger partial charge is 0.264 e. The molecular weight excluding hydrogens is 628 g/mol. The maximum Gasteiger partial charge on any atom is 0.264 e. The zero-order valence-corrected chi connectivity index (χ0v) is 26.8. The van der Waals surface area contributed by atoms with Gasteiger partial charge in [0.05, 0.1) is 15.6 Å². The van der Waals surface area contributed by atoms with E-state index in [-0.39, 0.29) is 33.1 Å². The summed E-state index contributed by atoms with van der Waals surface area (Å²) in [6, 6.07) is 14.4. The van der Waals surface area contributed by atoms with Crippen molar-refractivity contribution in [3.8, 4) is 0 Å². The number of hydrogen-bond donors (Lipinski definition) is 1. The second-order valence-electron chi connectivity index (χ2n) is 9.99. The molecule has 3 aromatic carbocycles. The van der Waals surface area contributed by atoms with Gasteiger partial charge in [0.25, 0.3) is 10.0 Å². The first kappa shape index (κ1) is 33.0. The first-order valence-electron chi connectivity index (χ1n) is 12.8. The van der Waals surface area contributed by atoms with Crippen LogP contribution < -0.4 is 9.62 Å². The third-order valence-corrected chi connectivity index (χ3v) is 9.19. The van der Waals surface area contributed by atoms with Crippen LogP contribution in [0.2, 0.25) is 20.1 Å². The SMILES string of the molecule is Cc1ccc(S(=O)(=O)N(CC(=O)N(Cc2ccc(Cl)cc2Cl)[C@H](C)C(=O)NCC(C)C)c2cc(Cl)ccc2Cl)cc1. The lowest BCUT2D eigenvalue weighted by molar-refractivity contribution is -0.139. The van der Waals surface area contributed by atoms with Crippen molar-refractivity contribution in [3.63, 3.8) is 0 Å². The molecule has 0 aliphatic rings. The second kappa shape index (κ2) is 14.1. The van der Waals surface area contributed by atoms with Crippen LogP contribution in [0, 0.1) is 12.8 Å². The highest BCUT2D eigenvalue weighted by atomic mass is 35.5. The van der Waals surface area contributed by atoms with Gasteiger partial charge in [0.1, 0.15) is 12.6 Å². The molecule has 1 N–H and O–H groups in total. The maximum absolute atomic E-state index is 14.0. The molecule has 41 heavy (non-hydrogen) atoms. The number of halogens is 4. The van der Waals surface area contributed by atoms with E-state index in [0.717, 1.165) is 9.87 Å². The standard InChI is InChI=1S/C29H31Cl4N3O4S/c1-18(2)15-34-29(38)20(4)35(16-21-7-8-22(30)13-26(21)33)28(37)17-36(27-14-23(31)9-12-25(27)32)41(39,40)24-10-5-19(3)6-11-24/h5-14,18,20H,15-17H2,1-4H3,(H,34,38)/t20-/m1/s1. The Bertz CT molecular complexity index is 1510. The summed E-state index contributed by atoms with van der Waals surface area (Å²) in [4.78, 5) is 28.4. The van der Waals surface area contributed by atoms with Gasteiger partial charge in [0.2, 0.25) is 11.8 Å². The minimum Gasteiger partial charge on any atom is -0.354 e. The summed E-state index contributed by atoms with van der Waals surface area (Å²) in [5.41, 5.74) is 1.41. The molecule has 0 unspecified atom stereocenters. The average Bonchev–Trinajstić information content (AvgIpc) is 2.91. The first-order chi connectivity index (χ1) is 19.2. The largest absolute Gasteiger partial charge is 0.354 e. The Morgan fingerprint density at radius 3 is 2.07 bits per heavy atom. The molecule has 0 aliphatic heterocycles. The number of carbonyl (C=O) groups is 2. The van der Waals surface area contributed by atoms with E-state index in [1.165, 1.54) is 41.3 Å². The normalized spacial score (nSPS) is 12.2. The van der Waals surface area contributed by atoms with Crippen LogP contribution in [-0.4, -0.2) is 44.3 Å². The van der Waals surface area contributed by atoms with E-state index >= 15 is 0 Å². The average molecular weight is 659 g/mol. The van der Waals surface area contributed by atoms with Crippen molar-refractivity contribution < 1.29 is 18.0 Å². The molecule has 220 valence electrons. The Morgan fingerprint density at radius 2 is 1.46 bits per heavy atom. The Hall–Kier alpha value is -2.49. The van der Waals surface area contributed by atoms with E-state index in [1.807, 2.05) is 20.8 Å². The molecule has 0 bridgehead atoms. The van der Waals surface area contributed by atoms with Gasteiger partial charge >= 0.3 is 0 Å². The van der Waals surface area contributed by atoms with Crippen LogP contribution in [0.15, 0.2) is 65.6 Å². The van der Waals surface area contributed by atoms with Gasteiger partial charge in [-0.05, 0) is 67.8 Å². The van der Waals surface area contributed by atoms with Crippen molar-refractivity contribution in [1.29, 1.82) is 0 Å². The minimum absolute atomic E-state index is 0.0227. The van der Waals surface area contributed by atoms with Gasteiger partial charge in [0, 0.05) is 28.2 Å². The number of amides is 2. The third kappa shape index (κ3) is 8.52. The summed E-state index contributed by atoms with van der Waals surface area (Å²) < 4.78 is 28.8. The molecule has 3 aromatic rings. The molecule has 2 amide bonds. The number of aryl methyl sites for hydroxylation is 1. The highest BCUT2D eigenvalue weighted by Crippen LogP contribution is 2.33. The van der Waals surface area contributed by atoms with Crippen molar-refractivity contribution >= 4 is 73.9 Å². The van der Waals surface area contributed by atoms with Crippen molar-refractivity contribution in [1.82, 2.24) is 10.2 Å². The summed E-state index contributed by atoms with van der Waals surface area (Å²) in [5.74, 6) is -0.873. The highest BCUT2D eigenvalue weighted by molar-refractivity contribution is 7.92.